The lowest BCUT2D eigenvalue weighted by atomic mass is 10.3. The smallest absolute Gasteiger partial charge is 0.333 e. The van der Waals surface area contributed by atoms with Crippen LogP contribution in [-0.2, 0) is 25.5 Å². The van der Waals surface area contributed by atoms with Gasteiger partial charge in [-0.3, -0.25) is 4.79 Å². The summed E-state index contributed by atoms with van der Waals surface area (Å²) >= 11 is 2.70. The molecule has 0 heterocycles. The van der Waals surface area contributed by atoms with Crippen molar-refractivity contribution in [1.82, 2.24) is 5.32 Å². The minimum Gasteiger partial charge on any atom is -0.615 e. The number of ether oxygens (including phenoxy) is 1. The van der Waals surface area contributed by atoms with Gasteiger partial charge < -0.3 is 14.6 Å². The van der Waals surface area contributed by atoms with E-state index in [0.717, 1.165) is 0 Å². The highest BCUT2D eigenvalue weighted by Gasteiger charge is 2.27. The quantitative estimate of drug-likeness (QED) is 0.400. The van der Waals surface area contributed by atoms with Gasteiger partial charge in [0, 0.05) is 6.92 Å². The minimum absolute atomic E-state index is 0.0108. The molecule has 15 heavy (non-hydrogen) atoms. The van der Waals surface area contributed by atoms with Gasteiger partial charge in [0.05, 0.1) is 7.11 Å². The summed E-state index contributed by atoms with van der Waals surface area (Å²) in [6, 6.07) is -0.872. The molecule has 0 aliphatic carbocycles. The van der Waals surface area contributed by atoms with Crippen molar-refractivity contribution in [3.05, 3.63) is 0 Å². The number of thiol groups is 1. The fraction of sp³-hybridized carbons (Fsp3) is 0.750. The van der Waals surface area contributed by atoms with Gasteiger partial charge in [-0.1, -0.05) is 0 Å². The Kier molecular flexibility index (Phi) is 6.78. The van der Waals surface area contributed by atoms with Crippen molar-refractivity contribution in [2.24, 2.45) is 0 Å². The van der Waals surface area contributed by atoms with Crippen molar-refractivity contribution < 1.29 is 18.9 Å². The number of nitrogens with one attached hydrogen (secondary N) is 1. The largest absolute Gasteiger partial charge is 0.615 e. The Morgan fingerprint density at radius 2 is 2.13 bits per heavy atom. The number of rotatable bonds is 5. The number of hydrogen-bond donors (Lipinski definition) is 2. The summed E-state index contributed by atoms with van der Waals surface area (Å²) in [5.41, 5.74) is 0. The van der Waals surface area contributed by atoms with Crippen LogP contribution in [0.1, 0.15) is 13.8 Å². The van der Waals surface area contributed by atoms with Crippen LogP contribution in [0, 0.1) is 0 Å². The fourth-order valence-corrected chi connectivity index (χ4v) is 1.94. The topological polar surface area (TPSA) is 78.5 Å². The van der Waals surface area contributed by atoms with Crippen LogP contribution in [0.2, 0.25) is 0 Å². The third-order valence-electron chi connectivity index (χ3n) is 1.57. The first-order chi connectivity index (χ1) is 6.88. The van der Waals surface area contributed by atoms with E-state index in [1.54, 1.807) is 6.92 Å². The van der Waals surface area contributed by atoms with E-state index in [1.807, 2.05) is 0 Å². The fourth-order valence-electron chi connectivity index (χ4n) is 0.860. The van der Waals surface area contributed by atoms with E-state index in [4.69, 9.17) is 0 Å². The summed E-state index contributed by atoms with van der Waals surface area (Å²) in [4.78, 5) is 22.0. The first-order valence-electron chi connectivity index (χ1n) is 4.28. The van der Waals surface area contributed by atoms with E-state index in [-0.39, 0.29) is 16.2 Å². The zero-order valence-corrected chi connectivity index (χ0v) is 10.6. The molecule has 0 spiro atoms. The van der Waals surface area contributed by atoms with Crippen molar-refractivity contribution >= 4 is 35.7 Å². The number of hydrogen-bond acceptors (Lipinski definition) is 5. The third-order valence-corrected chi connectivity index (χ3v) is 3.70. The van der Waals surface area contributed by atoms with Crippen molar-refractivity contribution in [1.29, 1.82) is 0 Å². The van der Waals surface area contributed by atoms with Crippen molar-refractivity contribution in [3.8, 4) is 0 Å². The summed E-state index contributed by atoms with van der Waals surface area (Å²) in [5.74, 6) is -0.960. The highest BCUT2D eigenvalue weighted by atomic mass is 32.2. The van der Waals surface area contributed by atoms with Gasteiger partial charge >= 0.3 is 5.97 Å². The van der Waals surface area contributed by atoms with Gasteiger partial charge in [-0.05, 0) is 18.1 Å². The average molecular weight is 253 g/mol. The summed E-state index contributed by atoms with van der Waals surface area (Å²) in [7, 11) is 1.21. The highest BCUT2D eigenvalue weighted by Crippen LogP contribution is 2.08. The zero-order valence-electron chi connectivity index (χ0n) is 8.85. The lowest BCUT2D eigenvalue weighted by Crippen LogP contribution is -2.46. The molecule has 2 unspecified atom stereocenters. The molecule has 0 radical (unpaired) electrons. The molecule has 0 aliphatic heterocycles. The summed E-state index contributed by atoms with van der Waals surface area (Å²) in [5, 5.41) is 2.38. The van der Waals surface area contributed by atoms with Gasteiger partial charge in [0.25, 0.3) is 0 Å². The summed E-state index contributed by atoms with van der Waals surface area (Å²) in [6.45, 7) is 2.93. The van der Waals surface area contributed by atoms with Gasteiger partial charge in [-0.2, -0.15) is 0 Å². The van der Waals surface area contributed by atoms with Crippen LogP contribution < -0.4 is 5.32 Å². The Morgan fingerprint density at radius 3 is 2.47 bits per heavy atom. The number of esters is 1. The molecule has 0 bridgehead atoms. The molecule has 1 N–H and O–H groups in total. The zero-order chi connectivity index (χ0) is 12.0. The molecule has 0 saturated carbocycles. The van der Waals surface area contributed by atoms with Crippen LogP contribution in [0.3, 0.4) is 0 Å². The average Bonchev–Trinajstić information content (AvgIpc) is 2.14. The van der Waals surface area contributed by atoms with Crippen LogP contribution >= 0.6 is 12.6 Å². The minimum atomic E-state index is -1.29. The van der Waals surface area contributed by atoms with Crippen LogP contribution in [-0.4, -0.2) is 39.9 Å². The molecule has 0 aliphatic rings. The lowest BCUT2D eigenvalue weighted by Gasteiger charge is -2.19. The first kappa shape index (κ1) is 14.6. The standard InChI is InChI=1S/C8H15NO4S2/c1-5(10)9-7(8(11)13-3)4-15(12)6(2)14/h6-7,14H,4H2,1-3H3,(H,9,10)/t6?,7-,15?/m0/s1. The highest BCUT2D eigenvalue weighted by molar-refractivity contribution is 8.04. The summed E-state index contributed by atoms with van der Waals surface area (Å²) in [6.07, 6.45) is 0. The molecule has 1 amide bonds. The molecule has 0 aromatic heterocycles. The number of carbonyl (C=O) groups excluding carboxylic acids is 2. The molecular weight excluding hydrogens is 238 g/mol. The molecule has 0 aromatic rings. The molecule has 7 heteroatoms. The van der Waals surface area contributed by atoms with Crippen molar-refractivity contribution in [3.63, 3.8) is 0 Å². The van der Waals surface area contributed by atoms with Crippen LogP contribution in [0.5, 0.6) is 0 Å². The first-order valence-corrected chi connectivity index (χ1v) is 6.18. The number of amides is 1. The number of methoxy groups -OCH3 is 1. The van der Waals surface area contributed by atoms with Gasteiger partial charge in [0.2, 0.25) is 5.91 Å². The second-order valence-electron chi connectivity index (χ2n) is 2.92. The Labute approximate surface area is 97.5 Å². The predicted octanol–water partition coefficient (Wildman–Crippen LogP) is -0.311. The molecule has 5 nitrogen and oxygen atoms in total. The molecule has 0 rings (SSSR count). The third kappa shape index (κ3) is 5.91. The molecule has 0 fully saturated rings. The molecule has 0 saturated heterocycles. The molecule has 3 atom stereocenters. The summed E-state index contributed by atoms with van der Waals surface area (Å²) < 4.78 is 15.6. The maximum Gasteiger partial charge on any atom is 0.333 e. The van der Waals surface area contributed by atoms with Crippen LogP contribution in [0.25, 0.3) is 0 Å². The van der Waals surface area contributed by atoms with Crippen molar-refractivity contribution in [2.75, 3.05) is 12.9 Å². The molecule has 88 valence electrons. The maximum absolute atomic E-state index is 11.4. The molecule has 0 aromatic carbocycles. The Balaban J connectivity index is 4.37. The second kappa shape index (κ2) is 6.97. The molecular formula is C8H15NO4S2. The van der Waals surface area contributed by atoms with E-state index in [1.165, 1.54) is 14.0 Å². The van der Waals surface area contributed by atoms with Gasteiger partial charge in [0.1, 0.15) is 5.75 Å². The van der Waals surface area contributed by atoms with Gasteiger partial charge in [0.15, 0.2) is 10.6 Å². The maximum atomic E-state index is 11.4. The van der Waals surface area contributed by atoms with E-state index in [0.29, 0.717) is 0 Å². The van der Waals surface area contributed by atoms with Gasteiger partial charge in [-0.15, -0.1) is 12.6 Å². The predicted molar refractivity (Wildman–Crippen MR) is 61.1 cm³/mol. The second-order valence-corrected chi connectivity index (χ2v) is 5.85. The van der Waals surface area contributed by atoms with Crippen LogP contribution in [0.4, 0.5) is 0 Å². The monoisotopic (exact) mass is 253 g/mol. The van der Waals surface area contributed by atoms with E-state index in [2.05, 4.69) is 22.7 Å². The number of carbonyl (C=O) groups is 2. The van der Waals surface area contributed by atoms with Crippen LogP contribution in [0.15, 0.2) is 0 Å². The Hall–Kier alpha value is -0.400. The van der Waals surface area contributed by atoms with E-state index < -0.39 is 23.2 Å². The Morgan fingerprint density at radius 1 is 1.60 bits per heavy atom. The lowest BCUT2D eigenvalue weighted by molar-refractivity contribution is -0.144. The normalized spacial score (nSPS) is 16.3. The van der Waals surface area contributed by atoms with E-state index in [9.17, 15) is 14.1 Å². The van der Waals surface area contributed by atoms with Crippen molar-refractivity contribution in [2.45, 2.75) is 24.5 Å². The SMILES string of the molecule is COC(=O)[C@H](C[S+]([O-])C(C)S)NC(C)=O. The Bertz CT molecular complexity index is 235. The van der Waals surface area contributed by atoms with E-state index >= 15 is 0 Å². The van der Waals surface area contributed by atoms with Gasteiger partial charge in [-0.25, -0.2) is 4.79 Å².